The smallest absolute Gasteiger partial charge is 0.315 e. The Morgan fingerprint density at radius 2 is 1.88 bits per heavy atom. The molecule has 2 heterocycles. The number of primary amides is 1. The summed E-state index contributed by atoms with van der Waals surface area (Å²) >= 11 is 0. The molecular formula is C15H15F2N3O4. The number of carbonyl (C=O) groups excluding carboxylic acids is 4. The van der Waals surface area contributed by atoms with E-state index >= 15 is 0 Å². The van der Waals surface area contributed by atoms with Gasteiger partial charge in [-0.15, -0.1) is 0 Å². The molecule has 24 heavy (non-hydrogen) atoms. The zero-order valence-corrected chi connectivity index (χ0v) is 12.5. The lowest BCUT2D eigenvalue weighted by Gasteiger charge is -2.29. The predicted octanol–water partition coefficient (Wildman–Crippen LogP) is 0.184. The Balaban J connectivity index is 0.000000301. The molecule has 3 N–H and O–H groups in total. The molecule has 128 valence electrons. The van der Waals surface area contributed by atoms with Gasteiger partial charge in [0.25, 0.3) is 11.8 Å². The molecule has 1 aromatic rings. The Kier molecular flexibility index (Phi) is 5.22. The summed E-state index contributed by atoms with van der Waals surface area (Å²) in [6.45, 7) is 0.446. The van der Waals surface area contributed by atoms with Crippen LogP contribution in [0.2, 0.25) is 0 Å². The van der Waals surface area contributed by atoms with E-state index in [1.54, 1.807) is 11.0 Å². The van der Waals surface area contributed by atoms with Crippen LogP contribution in [0.1, 0.15) is 28.8 Å². The maximum Gasteiger partial charge on any atom is 0.315 e. The first-order valence-corrected chi connectivity index (χ1v) is 7.11. The fourth-order valence-electron chi connectivity index (χ4n) is 2.51. The highest BCUT2D eigenvalue weighted by atomic mass is 19.3. The molecule has 4 amide bonds. The largest absolute Gasteiger partial charge is 0.365 e. The van der Waals surface area contributed by atoms with Gasteiger partial charge in [0.15, 0.2) is 0 Å². The van der Waals surface area contributed by atoms with Crippen molar-refractivity contribution in [1.82, 2.24) is 10.2 Å². The van der Waals surface area contributed by atoms with E-state index in [2.05, 4.69) is 11.1 Å². The zero-order valence-electron chi connectivity index (χ0n) is 12.5. The lowest BCUT2D eigenvalue weighted by molar-refractivity contribution is -0.137. The van der Waals surface area contributed by atoms with E-state index in [9.17, 15) is 28.0 Å². The Labute approximate surface area is 135 Å². The van der Waals surface area contributed by atoms with Crippen LogP contribution in [0.3, 0.4) is 0 Å². The third-order valence-electron chi connectivity index (χ3n) is 3.65. The average molecular weight is 339 g/mol. The standard InChI is InChI=1S/C13H12N2O3.C2H3F2NO/c16-11-6-5-10(12(17)14-11)15-7-8-3-1-2-4-9(8)13(15)18;3-1(4)2(5)6/h1-4,10H,5-7H2,(H,14,16,17);1H,(H2,5,6). The van der Waals surface area contributed by atoms with Crippen LogP contribution >= 0.6 is 0 Å². The zero-order chi connectivity index (χ0) is 17.9. The molecule has 2 aliphatic heterocycles. The van der Waals surface area contributed by atoms with Gasteiger partial charge in [-0.3, -0.25) is 24.5 Å². The second-order valence-corrected chi connectivity index (χ2v) is 5.26. The van der Waals surface area contributed by atoms with E-state index in [0.29, 0.717) is 18.5 Å². The first-order chi connectivity index (χ1) is 11.3. The highest BCUT2D eigenvalue weighted by Crippen LogP contribution is 2.26. The van der Waals surface area contributed by atoms with E-state index in [-0.39, 0.29) is 24.1 Å². The summed E-state index contributed by atoms with van der Waals surface area (Å²) < 4.78 is 21.4. The van der Waals surface area contributed by atoms with Gasteiger partial charge in [-0.2, -0.15) is 8.78 Å². The molecule has 1 unspecified atom stereocenters. The molecule has 0 aliphatic carbocycles. The minimum Gasteiger partial charge on any atom is -0.365 e. The minimum absolute atomic E-state index is 0.125. The SMILES string of the molecule is NC(=O)C(F)F.O=C1CCC(N2Cc3ccccc3C2=O)C(=O)N1. The molecule has 1 saturated heterocycles. The van der Waals surface area contributed by atoms with Crippen LogP contribution in [-0.2, 0) is 20.9 Å². The molecule has 1 fully saturated rings. The van der Waals surface area contributed by atoms with Crippen molar-refractivity contribution in [2.24, 2.45) is 5.73 Å². The second kappa shape index (κ2) is 7.16. The highest BCUT2D eigenvalue weighted by molar-refractivity contribution is 6.05. The number of nitrogens with one attached hydrogen (secondary N) is 1. The van der Waals surface area contributed by atoms with Crippen LogP contribution in [0.4, 0.5) is 8.78 Å². The average Bonchev–Trinajstić information content (AvgIpc) is 2.85. The van der Waals surface area contributed by atoms with Crippen molar-refractivity contribution < 1.29 is 28.0 Å². The van der Waals surface area contributed by atoms with Crippen LogP contribution in [0.15, 0.2) is 24.3 Å². The quantitative estimate of drug-likeness (QED) is 0.749. The third kappa shape index (κ3) is 3.73. The maximum atomic E-state index is 12.2. The maximum absolute atomic E-state index is 12.2. The topological polar surface area (TPSA) is 110 Å². The number of amides is 4. The van der Waals surface area contributed by atoms with E-state index < -0.39 is 18.4 Å². The van der Waals surface area contributed by atoms with Crippen LogP contribution in [0.5, 0.6) is 0 Å². The monoisotopic (exact) mass is 339 g/mol. The highest BCUT2D eigenvalue weighted by Gasteiger charge is 2.38. The summed E-state index contributed by atoms with van der Waals surface area (Å²) in [7, 11) is 0. The summed E-state index contributed by atoms with van der Waals surface area (Å²) in [6, 6.07) is 6.82. The summed E-state index contributed by atoms with van der Waals surface area (Å²) in [4.78, 5) is 45.8. The Bertz CT molecular complexity index is 693. The number of nitrogens with zero attached hydrogens (tertiary/aromatic N) is 1. The van der Waals surface area contributed by atoms with E-state index in [0.717, 1.165) is 5.56 Å². The number of nitrogens with two attached hydrogens (primary N) is 1. The third-order valence-corrected chi connectivity index (χ3v) is 3.65. The summed E-state index contributed by atoms with van der Waals surface area (Å²) in [6.07, 6.45) is -2.31. The lowest BCUT2D eigenvalue weighted by atomic mass is 10.0. The fourth-order valence-corrected chi connectivity index (χ4v) is 2.51. The van der Waals surface area contributed by atoms with Crippen molar-refractivity contribution in [1.29, 1.82) is 0 Å². The molecule has 1 aromatic carbocycles. The number of hydrogen-bond donors (Lipinski definition) is 2. The van der Waals surface area contributed by atoms with Crippen LogP contribution in [0, 0.1) is 0 Å². The normalized spacial score (nSPS) is 19.5. The summed E-state index contributed by atoms with van der Waals surface area (Å²) in [5.41, 5.74) is 5.64. The molecular weight excluding hydrogens is 324 g/mol. The van der Waals surface area contributed by atoms with Crippen molar-refractivity contribution in [2.75, 3.05) is 0 Å². The van der Waals surface area contributed by atoms with Gasteiger partial charge in [0, 0.05) is 18.5 Å². The van der Waals surface area contributed by atoms with Gasteiger partial charge in [-0.25, -0.2) is 0 Å². The summed E-state index contributed by atoms with van der Waals surface area (Å²) in [5, 5.41) is 2.28. The van der Waals surface area contributed by atoms with Gasteiger partial charge in [0.1, 0.15) is 6.04 Å². The van der Waals surface area contributed by atoms with Crippen molar-refractivity contribution in [3.05, 3.63) is 35.4 Å². The molecule has 1 atom stereocenters. The number of imide groups is 1. The number of carbonyl (C=O) groups is 4. The van der Waals surface area contributed by atoms with Crippen molar-refractivity contribution in [3.63, 3.8) is 0 Å². The number of rotatable bonds is 2. The van der Waals surface area contributed by atoms with Gasteiger partial charge in [0.2, 0.25) is 11.8 Å². The van der Waals surface area contributed by atoms with E-state index in [1.165, 1.54) is 0 Å². The molecule has 0 spiro atoms. The molecule has 9 heteroatoms. The Morgan fingerprint density at radius 3 is 2.42 bits per heavy atom. The van der Waals surface area contributed by atoms with Gasteiger partial charge in [0.05, 0.1) is 0 Å². The lowest BCUT2D eigenvalue weighted by Crippen LogP contribution is -2.52. The van der Waals surface area contributed by atoms with E-state index in [4.69, 9.17) is 0 Å². The van der Waals surface area contributed by atoms with Gasteiger partial charge >= 0.3 is 6.43 Å². The summed E-state index contributed by atoms with van der Waals surface area (Å²) in [5.74, 6) is -2.33. The van der Waals surface area contributed by atoms with Crippen LogP contribution in [-0.4, -0.2) is 41.0 Å². The number of halogens is 2. The van der Waals surface area contributed by atoms with Crippen LogP contribution < -0.4 is 11.1 Å². The predicted molar refractivity (Wildman–Crippen MR) is 77.7 cm³/mol. The molecule has 7 nitrogen and oxygen atoms in total. The fraction of sp³-hybridized carbons (Fsp3) is 0.333. The van der Waals surface area contributed by atoms with Crippen LogP contribution in [0.25, 0.3) is 0 Å². The molecule has 2 aliphatic rings. The van der Waals surface area contributed by atoms with Crippen molar-refractivity contribution in [2.45, 2.75) is 31.9 Å². The Hall–Kier alpha value is -2.84. The number of alkyl halides is 2. The molecule has 0 saturated carbocycles. The number of hydrogen-bond acceptors (Lipinski definition) is 4. The van der Waals surface area contributed by atoms with Gasteiger partial charge < -0.3 is 10.6 Å². The van der Waals surface area contributed by atoms with Gasteiger partial charge in [-0.1, -0.05) is 18.2 Å². The van der Waals surface area contributed by atoms with Gasteiger partial charge in [-0.05, 0) is 18.1 Å². The first kappa shape index (κ1) is 17.5. The van der Waals surface area contributed by atoms with Crippen molar-refractivity contribution in [3.8, 4) is 0 Å². The first-order valence-electron chi connectivity index (χ1n) is 7.11. The Morgan fingerprint density at radius 1 is 1.25 bits per heavy atom. The molecule has 3 rings (SSSR count). The molecule has 0 bridgehead atoms. The molecule has 0 aromatic heterocycles. The van der Waals surface area contributed by atoms with Crippen molar-refractivity contribution >= 4 is 23.6 Å². The number of piperidine rings is 1. The number of fused-ring (bicyclic) bond motifs is 1. The second-order valence-electron chi connectivity index (χ2n) is 5.26. The van der Waals surface area contributed by atoms with E-state index in [1.807, 2.05) is 18.2 Å². The minimum atomic E-state index is -3.01. The number of benzene rings is 1. The molecule has 0 radical (unpaired) electrons.